The summed E-state index contributed by atoms with van der Waals surface area (Å²) in [4.78, 5) is 27.0. The molecular weight excluding hydrogens is 373 g/mol. The number of halogens is 2. The summed E-state index contributed by atoms with van der Waals surface area (Å²) in [6.07, 6.45) is 2.49. The zero-order valence-corrected chi connectivity index (χ0v) is 17.0. The zero-order valence-electron chi connectivity index (χ0n) is 15.4. The molecule has 2 rings (SSSR count). The summed E-state index contributed by atoms with van der Waals surface area (Å²) in [6.45, 7) is 5.79. The van der Waals surface area contributed by atoms with Crippen LogP contribution in [0.5, 0.6) is 0 Å². The van der Waals surface area contributed by atoms with Crippen molar-refractivity contribution in [2.24, 2.45) is 17.6 Å². The molecule has 1 heterocycles. The van der Waals surface area contributed by atoms with E-state index in [4.69, 9.17) is 17.3 Å². The third-order valence-corrected chi connectivity index (χ3v) is 4.81. The van der Waals surface area contributed by atoms with Crippen molar-refractivity contribution in [3.05, 3.63) is 34.9 Å². The summed E-state index contributed by atoms with van der Waals surface area (Å²) in [6, 6.07) is 6.86. The molecule has 1 fully saturated rings. The minimum atomic E-state index is -0.175. The molecule has 0 aliphatic carbocycles. The van der Waals surface area contributed by atoms with Crippen LogP contribution in [0.4, 0.5) is 0 Å². The highest BCUT2D eigenvalue weighted by Gasteiger charge is 2.29. The number of amides is 2. The predicted octanol–water partition coefficient (Wildman–Crippen LogP) is 3.10. The number of nitrogens with zero attached hydrogens (tertiary/aromatic N) is 1. The molecule has 26 heavy (non-hydrogen) atoms. The van der Waals surface area contributed by atoms with Gasteiger partial charge in [-0.3, -0.25) is 9.59 Å². The summed E-state index contributed by atoms with van der Waals surface area (Å²) >= 11 is 5.88. The quantitative estimate of drug-likeness (QED) is 0.768. The van der Waals surface area contributed by atoms with E-state index in [0.717, 1.165) is 19.3 Å². The second-order valence-corrected chi connectivity index (χ2v) is 7.60. The van der Waals surface area contributed by atoms with Gasteiger partial charge in [-0.15, -0.1) is 12.4 Å². The Bertz CT molecular complexity index is 593. The number of hydrogen-bond donors (Lipinski definition) is 2. The average molecular weight is 402 g/mol. The van der Waals surface area contributed by atoms with Crippen LogP contribution in [-0.2, 0) is 4.79 Å². The molecule has 2 unspecified atom stereocenters. The highest BCUT2D eigenvalue weighted by Crippen LogP contribution is 2.20. The van der Waals surface area contributed by atoms with E-state index in [1.54, 1.807) is 29.2 Å². The number of hydrogen-bond acceptors (Lipinski definition) is 3. The molecule has 1 aromatic carbocycles. The number of nitrogens with two attached hydrogens (primary N) is 1. The molecule has 0 radical (unpaired) electrons. The lowest BCUT2D eigenvalue weighted by Gasteiger charge is -2.33. The summed E-state index contributed by atoms with van der Waals surface area (Å²) in [5.41, 5.74) is 6.37. The van der Waals surface area contributed by atoms with Gasteiger partial charge in [-0.05, 0) is 49.4 Å². The molecule has 2 amide bonds. The van der Waals surface area contributed by atoms with Gasteiger partial charge in [0.1, 0.15) is 0 Å². The molecule has 146 valence electrons. The van der Waals surface area contributed by atoms with E-state index in [1.807, 2.05) is 0 Å². The summed E-state index contributed by atoms with van der Waals surface area (Å²) < 4.78 is 0. The maximum Gasteiger partial charge on any atom is 0.253 e. The van der Waals surface area contributed by atoms with Crippen LogP contribution in [0.15, 0.2) is 24.3 Å². The second kappa shape index (κ2) is 10.8. The number of carbonyl (C=O) groups excluding carboxylic acids is 2. The molecule has 0 saturated carbocycles. The van der Waals surface area contributed by atoms with Gasteiger partial charge >= 0.3 is 0 Å². The highest BCUT2D eigenvalue weighted by molar-refractivity contribution is 6.30. The van der Waals surface area contributed by atoms with Crippen LogP contribution in [0.2, 0.25) is 5.02 Å². The Kier molecular flexibility index (Phi) is 9.41. The smallest absolute Gasteiger partial charge is 0.253 e. The van der Waals surface area contributed by atoms with Gasteiger partial charge in [0.25, 0.3) is 5.91 Å². The SMILES string of the molecule is CC(C)CC(CN)NC(=O)C1CCCN(C(=O)c2ccc(Cl)cc2)C1.Cl. The molecular formula is C19H29Cl2N3O2. The van der Waals surface area contributed by atoms with E-state index in [1.165, 1.54) is 0 Å². The van der Waals surface area contributed by atoms with Crippen molar-refractivity contribution in [2.45, 2.75) is 39.2 Å². The molecule has 5 nitrogen and oxygen atoms in total. The molecule has 2 atom stereocenters. The molecule has 1 aliphatic rings. The lowest BCUT2D eigenvalue weighted by molar-refractivity contribution is -0.127. The van der Waals surface area contributed by atoms with Crippen LogP contribution >= 0.6 is 24.0 Å². The Hall–Kier alpha value is -1.30. The Labute approximate surface area is 167 Å². The van der Waals surface area contributed by atoms with Gasteiger partial charge in [-0.1, -0.05) is 25.4 Å². The van der Waals surface area contributed by atoms with Gasteiger partial charge in [0.2, 0.25) is 5.91 Å². The fourth-order valence-corrected chi connectivity index (χ4v) is 3.38. The first-order valence-electron chi connectivity index (χ1n) is 8.96. The Morgan fingerprint density at radius 3 is 2.54 bits per heavy atom. The van der Waals surface area contributed by atoms with Crippen molar-refractivity contribution >= 4 is 35.8 Å². The van der Waals surface area contributed by atoms with Gasteiger partial charge < -0.3 is 16.0 Å². The zero-order chi connectivity index (χ0) is 18.4. The Morgan fingerprint density at radius 1 is 1.31 bits per heavy atom. The summed E-state index contributed by atoms with van der Waals surface area (Å²) in [5, 5.41) is 3.66. The maximum absolute atomic E-state index is 12.6. The lowest BCUT2D eigenvalue weighted by Crippen LogP contribution is -2.49. The van der Waals surface area contributed by atoms with Gasteiger partial charge in [0, 0.05) is 36.3 Å². The molecule has 0 spiro atoms. The first-order valence-corrected chi connectivity index (χ1v) is 9.33. The fourth-order valence-electron chi connectivity index (χ4n) is 3.25. The molecule has 1 aliphatic heterocycles. The molecule has 0 aromatic heterocycles. The molecule has 1 aromatic rings. The standard InChI is InChI=1S/C19H28ClN3O2.ClH/c1-13(2)10-17(11-21)22-18(24)15-4-3-9-23(12-15)19(25)14-5-7-16(20)8-6-14;/h5-8,13,15,17H,3-4,9-12,21H2,1-2H3,(H,22,24);1H. The number of piperidine rings is 1. The van der Waals surface area contributed by atoms with Crippen molar-refractivity contribution in [3.8, 4) is 0 Å². The van der Waals surface area contributed by atoms with E-state index in [0.29, 0.717) is 36.1 Å². The van der Waals surface area contributed by atoms with Crippen molar-refractivity contribution in [2.75, 3.05) is 19.6 Å². The topological polar surface area (TPSA) is 75.4 Å². The van der Waals surface area contributed by atoms with Crippen LogP contribution in [-0.4, -0.2) is 42.4 Å². The van der Waals surface area contributed by atoms with Crippen LogP contribution < -0.4 is 11.1 Å². The second-order valence-electron chi connectivity index (χ2n) is 7.17. The van der Waals surface area contributed by atoms with E-state index < -0.39 is 0 Å². The summed E-state index contributed by atoms with van der Waals surface area (Å²) in [7, 11) is 0. The Morgan fingerprint density at radius 2 is 1.96 bits per heavy atom. The Balaban J connectivity index is 0.00000338. The first-order chi connectivity index (χ1) is 11.9. The van der Waals surface area contributed by atoms with Gasteiger partial charge in [0.05, 0.1) is 5.92 Å². The largest absolute Gasteiger partial charge is 0.352 e. The molecule has 3 N–H and O–H groups in total. The monoisotopic (exact) mass is 401 g/mol. The number of likely N-dealkylation sites (tertiary alicyclic amines) is 1. The highest BCUT2D eigenvalue weighted by atomic mass is 35.5. The third-order valence-electron chi connectivity index (χ3n) is 4.56. The number of carbonyl (C=O) groups is 2. The number of rotatable bonds is 6. The van der Waals surface area contributed by atoms with Crippen molar-refractivity contribution in [1.82, 2.24) is 10.2 Å². The normalized spacial score (nSPS) is 18.2. The molecule has 0 bridgehead atoms. The molecule has 1 saturated heterocycles. The van der Waals surface area contributed by atoms with Crippen LogP contribution in [0.3, 0.4) is 0 Å². The predicted molar refractivity (Wildman–Crippen MR) is 108 cm³/mol. The van der Waals surface area contributed by atoms with E-state index >= 15 is 0 Å². The fraction of sp³-hybridized carbons (Fsp3) is 0.579. The van der Waals surface area contributed by atoms with Gasteiger partial charge in [0.15, 0.2) is 0 Å². The van der Waals surface area contributed by atoms with E-state index in [-0.39, 0.29) is 36.2 Å². The van der Waals surface area contributed by atoms with Gasteiger partial charge in [-0.25, -0.2) is 0 Å². The van der Waals surface area contributed by atoms with Crippen LogP contribution in [0.1, 0.15) is 43.5 Å². The molecule has 7 heteroatoms. The van der Waals surface area contributed by atoms with Gasteiger partial charge in [-0.2, -0.15) is 0 Å². The first kappa shape index (κ1) is 22.7. The van der Waals surface area contributed by atoms with E-state index in [2.05, 4.69) is 19.2 Å². The van der Waals surface area contributed by atoms with Crippen LogP contribution in [0.25, 0.3) is 0 Å². The lowest BCUT2D eigenvalue weighted by atomic mass is 9.95. The third kappa shape index (κ3) is 6.45. The summed E-state index contributed by atoms with van der Waals surface area (Å²) in [5.74, 6) is 0.255. The minimum absolute atomic E-state index is 0. The average Bonchev–Trinajstić information content (AvgIpc) is 2.60. The van der Waals surface area contributed by atoms with Crippen molar-refractivity contribution in [1.29, 1.82) is 0 Å². The maximum atomic E-state index is 12.6. The van der Waals surface area contributed by atoms with Crippen molar-refractivity contribution < 1.29 is 9.59 Å². The van der Waals surface area contributed by atoms with E-state index in [9.17, 15) is 9.59 Å². The number of benzene rings is 1. The van der Waals surface area contributed by atoms with Crippen molar-refractivity contribution in [3.63, 3.8) is 0 Å². The minimum Gasteiger partial charge on any atom is -0.352 e. The van der Waals surface area contributed by atoms with Crippen LogP contribution in [0, 0.1) is 11.8 Å². The number of nitrogens with one attached hydrogen (secondary N) is 1.